The fraction of sp³-hybridized carbons (Fsp3) is 0.235. The van der Waals surface area contributed by atoms with Gasteiger partial charge < -0.3 is 4.74 Å². The maximum atomic E-state index is 12.3. The molecule has 0 fully saturated rings. The number of carbonyl (C=O) groups is 1. The van der Waals surface area contributed by atoms with E-state index in [1.54, 1.807) is 7.11 Å². The number of hydrogen-bond acceptors (Lipinski definition) is 2. The lowest BCUT2D eigenvalue weighted by Crippen LogP contribution is -2.26. The third-order valence-corrected chi connectivity index (χ3v) is 3.76. The zero-order chi connectivity index (χ0) is 13.2. The van der Waals surface area contributed by atoms with Crippen LogP contribution in [-0.2, 0) is 17.6 Å². The molecule has 0 N–H and O–H groups in total. The van der Waals surface area contributed by atoms with Crippen molar-refractivity contribution < 1.29 is 9.53 Å². The summed E-state index contributed by atoms with van der Waals surface area (Å²) in [6.45, 7) is 0. The first-order valence-corrected chi connectivity index (χ1v) is 6.51. The minimum atomic E-state index is 0.0856. The number of fused-ring (bicyclic) bond motifs is 1. The fourth-order valence-corrected chi connectivity index (χ4v) is 2.65. The smallest absolute Gasteiger partial charge is 0.145 e. The number of Topliss-reactive ketones (excluding diaryl/α,β-unsaturated/α-hetero) is 1. The summed E-state index contributed by atoms with van der Waals surface area (Å²) >= 11 is 0. The molecule has 0 spiro atoms. The van der Waals surface area contributed by atoms with E-state index in [0.29, 0.717) is 12.2 Å². The highest BCUT2D eigenvalue weighted by Gasteiger charge is 2.31. The van der Waals surface area contributed by atoms with Crippen LogP contribution in [0.15, 0.2) is 48.5 Å². The Hall–Kier alpha value is -2.09. The van der Waals surface area contributed by atoms with E-state index in [0.717, 1.165) is 17.7 Å². The van der Waals surface area contributed by atoms with E-state index in [1.807, 2.05) is 36.4 Å². The Bertz CT molecular complexity index is 616. The molecule has 0 heterocycles. The second-order valence-corrected chi connectivity index (χ2v) is 4.95. The van der Waals surface area contributed by atoms with Gasteiger partial charge in [-0.25, -0.2) is 0 Å². The predicted molar refractivity (Wildman–Crippen MR) is 74.6 cm³/mol. The zero-order valence-corrected chi connectivity index (χ0v) is 10.9. The highest BCUT2D eigenvalue weighted by molar-refractivity contribution is 5.90. The Morgan fingerprint density at radius 3 is 2.84 bits per heavy atom. The molecule has 0 amide bonds. The summed E-state index contributed by atoms with van der Waals surface area (Å²) in [7, 11) is 1.64. The molecule has 1 aliphatic carbocycles. The summed E-state index contributed by atoms with van der Waals surface area (Å²) in [6, 6.07) is 15.9. The minimum Gasteiger partial charge on any atom is -0.497 e. The van der Waals surface area contributed by atoms with Crippen molar-refractivity contribution in [2.75, 3.05) is 7.11 Å². The van der Waals surface area contributed by atoms with E-state index < -0.39 is 0 Å². The Balaban J connectivity index is 1.73. The largest absolute Gasteiger partial charge is 0.497 e. The van der Waals surface area contributed by atoms with Crippen LogP contribution in [0.4, 0.5) is 0 Å². The van der Waals surface area contributed by atoms with Crippen molar-refractivity contribution in [2.45, 2.75) is 18.8 Å². The fourth-order valence-electron chi connectivity index (χ4n) is 2.65. The van der Waals surface area contributed by atoms with Gasteiger partial charge >= 0.3 is 0 Å². The van der Waals surface area contributed by atoms with Gasteiger partial charge in [0.05, 0.1) is 7.11 Å². The molecule has 0 aliphatic heterocycles. The molecule has 3 rings (SSSR count). The molecule has 0 saturated heterocycles. The molecule has 2 heteroatoms. The van der Waals surface area contributed by atoms with E-state index in [2.05, 4.69) is 12.1 Å². The van der Waals surface area contributed by atoms with Gasteiger partial charge in [0.15, 0.2) is 0 Å². The van der Waals surface area contributed by atoms with Crippen LogP contribution in [0.1, 0.15) is 22.6 Å². The molecule has 0 aromatic heterocycles. The highest BCUT2D eigenvalue weighted by atomic mass is 16.5. The van der Waals surface area contributed by atoms with Gasteiger partial charge in [-0.15, -0.1) is 0 Å². The van der Waals surface area contributed by atoms with Gasteiger partial charge in [-0.05, 0) is 35.2 Å². The molecule has 19 heavy (non-hydrogen) atoms. The number of ether oxygens (including phenoxy) is 1. The molecule has 0 bridgehead atoms. The molecule has 0 radical (unpaired) electrons. The second-order valence-electron chi connectivity index (χ2n) is 4.95. The third-order valence-electron chi connectivity index (χ3n) is 3.76. The zero-order valence-electron chi connectivity index (χ0n) is 10.9. The average molecular weight is 252 g/mol. The highest BCUT2D eigenvalue weighted by Crippen LogP contribution is 2.36. The molecule has 2 nitrogen and oxygen atoms in total. The van der Waals surface area contributed by atoms with Crippen molar-refractivity contribution in [1.29, 1.82) is 0 Å². The molecular weight excluding hydrogens is 236 g/mol. The van der Waals surface area contributed by atoms with Gasteiger partial charge in [0.1, 0.15) is 11.5 Å². The molecule has 2 aromatic carbocycles. The van der Waals surface area contributed by atoms with Crippen molar-refractivity contribution in [3.63, 3.8) is 0 Å². The van der Waals surface area contributed by atoms with Gasteiger partial charge in [-0.1, -0.05) is 36.4 Å². The predicted octanol–water partition coefficient (Wildman–Crippen LogP) is 3.15. The van der Waals surface area contributed by atoms with Crippen molar-refractivity contribution in [3.05, 3.63) is 65.2 Å². The first-order chi connectivity index (χ1) is 9.28. The topological polar surface area (TPSA) is 26.3 Å². The van der Waals surface area contributed by atoms with Crippen LogP contribution in [0.5, 0.6) is 5.75 Å². The Kier molecular flexibility index (Phi) is 3.08. The number of methoxy groups -OCH3 is 1. The molecule has 1 aliphatic rings. The van der Waals surface area contributed by atoms with Gasteiger partial charge in [0.2, 0.25) is 0 Å². The maximum Gasteiger partial charge on any atom is 0.145 e. The van der Waals surface area contributed by atoms with Gasteiger partial charge in [0, 0.05) is 12.3 Å². The number of carbonyl (C=O) groups excluding carboxylic acids is 1. The van der Waals surface area contributed by atoms with Crippen molar-refractivity contribution >= 4 is 5.78 Å². The van der Waals surface area contributed by atoms with Crippen LogP contribution in [0.25, 0.3) is 0 Å². The average Bonchev–Trinajstić information content (AvgIpc) is 2.40. The monoisotopic (exact) mass is 252 g/mol. The second kappa shape index (κ2) is 4.88. The number of rotatable bonds is 4. The van der Waals surface area contributed by atoms with Crippen LogP contribution in [0.3, 0.4) is 0 Å². The van der Waals surface area contributed by atoms with E-state index in [9.17, 15) is 4.79 Å². The van der Waals surface area contributed by atoms with Crippen molar-refractivity contribution in [2.24, 2.45) is 0 Å². The molecule has 2 aromatic rings. The molecule has 1 atom stereocenters. The Morgan fingerprint density at radius 2 is 2.05 bits per heavy atom. The van der Waals surface area contributed by atoms with E-state index in [1.165, 1.54) is 11.1 Å². The standard InChI is InChI=1S/C17H16O2/c1-19-14-7-4-5-12(9-14)10-17(18)16-11-13-6-2-3-8-15(13)16/h2-9,16H,10-11H2,1H3. The van der Waals surface area contributed by atoms with Gasteiger partial charge in [-0.3, -0.25) is 4.79 Å². The first kappa shape index (κ1) is 12.0. The van der Waals surface area contributed by atoms with Gasteiger partial charge in [0.25, 0.3) is 0 Å². The minimum absolute atomic E-state index is 0.0856. The molecule has 0 saturated carbocycles. The molecule has 96 valence electrons. The van der Waals surface area contributed by atoms with Crippen molar-refractivity contribution in [1.82, 2.24) is 0 Å². The molecular formula is C17H16O2. The van der Waals surface area contributed by atoms with Crippen LogP contribution in [0, 0.1) is 0 Å². The number of benzene rings is 2. The first-order valence-electron chi connectivity index (χ1n) is 6.51. The normalized spacial score (nSPS) is 16.4. The van der Waals surface area contributed by atoms with E-state index in [4.69, 9.17) is 4.74 Å². The van der Waals surface area contributed by atoms with E-state index >= 15 is 0 Å². The van der Waals surface area contributed by atoms with Crippen molar-refractivity contribution in [3.8, 4) is 5.75 Å². The SMILES string of the molecule is COc1cccc(CC(=O)C2Cc3ccccc32)c1. The summed E-state index contributed by atoms with van der Waals surface area (Å²) in [5.74, 6) is 1.19. The van der Waals surface area contributed by atoms with Crippen LogP contribution in [0.2, 0.25) is 0 Å². The van der Waals surface area contributed by atoms with Crippen LogP contribution in [-0.4, -0.2) is 12.9 Å². The lowest BCUT2D eigenvalue weighted by atomic mass is 9.74. The summed E-state index contributed by atoms with van der Waals surface area (Å²) in [5, 5.41) is 0. The summed E-state index contributed by atoms with van der Waals surface area (Å²) in [4.78, 5) is 12.3. The summed E-state index contributed by atoms with van der Waals surface area (Å²) < 4.78 is 5.18. The van der Waals surface area contributed by atoms with Gasteiger partial charge in [-0.2, -0.15) is 0 Å². The lowest BCUT2D eigenvalue weighted by molar-refractivity contribution is -0.120. The summed E-state index contributed by atoms with van der Waals surface area (Å²) in [5.41, 5.74) is 3.54. The quantitative estimate of drug-likeness (QED) is 0.835. The Labute approximate surface area is 113 Å². The van der Waals surface area contributed by atoms with Crippen LogP contribution >= 0.6 is 0 Å². The lowest BCUT2D eigenvalue weighted by Gasteiger charge is -2.28. The van der Waals surface area contributed by atoms with E-state index in [-0.39, 0.29) is 5.92 Å². The van der Waals surface area contributed by atoms with Crippen LogP contribution < -0.4 is 4.74 Å². The third kappa shape index (κ3) is 2.26. The summed E-state index contributed by atoms with van der Waals surface area (Å²) in [6.07, 6.45) is 1.37. The number of ketones is 1. The number of hydrogen-bond donors (Lipinski definition) is 0. The Morgan fingerprint density at radius 1 is 1.21 bits per heavy atom. The molecule has 1 unspecified atom stereocenters. The maximum absolute atomic E-state index is 12.3.